The van der Waals surface area contributed by atoms with E-state index in [0.29, 0.717) is 16.5 Å². The first-order valence-corrected chi connectivity index (χ1v) is 8.19. The smallest absolute Gasteiger partial charge is 0.338 e. The Hall–Kier alpha value is -2.24. The molecule has 1 amide bonds. The molecule has 25 heavy (non-hydrogen) atoms. The molecule has 2 aromatic rings. The number of hydrogen-bond donors (Lipinski definition) is 1. The Morgan fingerprint density at radius 1 is 1.08 bits per heavy atom. The molecule has 0 aromatic heterocycles. The number of amides is 1. The second kappa shape index (κ2) is 8.23. The highest BCUT2D eigenvalue weighted by Gasteiger charge is 2.20. The van der Waals surface area contributed by atoms with Crippen molar-refractivity contribution in [2.45, 2.75) is 20.0 Å². The molecule has 1 atom stereocenters. The van der Waals surface area contributed by atoms with Crippen LogP contribution in [0.3, 0.4) is 0 Å². The average Bonchev–Trinajstić information content (AvgIpc) is 2.57. The maximum absolute atomic E-state index is 12.3. The summed E-state index contributed by atoms with van der Waals surface area (Å²) in [5.41, 5.74) is 1.67. The normalized spacial score (nSPS) is 11.6. The molecule has 0 saturated heterocycles. The third-order valence-corrected chi connectivity index (χ3v) is 4.16. The number of ether oxygens (including phenoxy) is 2. The molecule has 0 saturated carbocycles. The summed E-state index contributed by atoms with van der Waals surface area (Å²) in [6.45, 7) is 3.37. The van der Waals surface area contributed by atoms with Gasteiger partial charge in [-0.2, -0.15) is 0 Å². The minimum atomic E-state index is -1.01. The molecule has 2 rings (SSSR count). The molecule has 5 nitrogen and oxygen atoms in total. The van der Waals surface area contributed by atoms with E-state index in [1.807, 2.05) is 13.0 Å². The maximum atomic E-state index is 12.3. The molecule has 7 heteroatoms. The van der Waals surface area contributed by atoms with E-state index in [4.69, 9.17) is 32.7 Å². The van der Waals surface area contributed by atoms with Crippen molar-refractivity contribution in [1.29, 1.82) is 0 Å². The Morgan fingerprint density at radius 2 is 1.80 bits per heavy atom. The van der Waals surface area contributed by atoms with Crippen LogP contribution in [0.4, 0.5) is 5.69 Å². The van der Waals surface area contributed by atoms with Crippen LogP contribution in [0.5, 0.6) is 5.75 Å². The number of nitrogens with one attached hydrogen (secondary N) is 1. The van der Waals surface area contributed by atoms with E-state index in [9.17, 15) is 9.59 Å². The summed E-state index contributed by atoms with van der Waals surface area (Å²) >= 11 is 11.7. The van der Waals surface area contributed by atoms with Gasteiger partial charge in [0.15, 0.2) is 6.10 Å². The van der Waals surface area contributed by atoms with Crippen LogP contribution in [-0.4, -0.2) is 25.1 Å². The molecule has 132 valence electrons. The summed E-state index contributed by atoms with van der Waals surface area (Å²) in [6.07, 6.45) is -1.01. The maximum Gasteiger partial charge on any atom is 0.338 e. The van der Waals surface area contributed by atoms with Crippen LogP contribution in [0.1, 0.15) is 22.8 Å². The number of carbonyl (C=O) groups excluding carboxylic acids is 2. The van der Waals surface area contributed by atoms with Gasteiger partial charge in [-0.3, -0.25) is 4.79 Å². The summed E-state index contributed by atoms with van der Waals surface area (Å²) in [6, 6.07) is 9.73. The number of aryl methyl sites for hydroxylation is 1. The highest BCUT2D eigenvalue weighted by molar-refractivity contribution is 6.42. The standard InChI is InChI=1S/C18H17Cl2NO4/c1-10-4-7-16(24-3)15(8-10)21-17(22)11(2)25-18(23)12-5-6-13(19)14(20)9-12/h4-9,11H,1-3H3,(H,21,22)/t11-/m0/s1. The van der Waals surface area contributed by atoms with Gasteiger partial charge in [0.25, 0.3) is 5.91 Å². The zero-order valence-corrected chi connectivity index (χ0v) is 15.4. The number of methoxy groups -OCH3 is 1. The van der Waals surface area contributed by atoms with Gasteiger partial charge in [-0.25, -0.2) is 4.79 Å². The van der Waals surface area contributed by atoms with Crippen molar-refractivity contribution in [3.63, 3.8) is 0 Å². The minimum absolute atomic E-state index is 0.210. The molecular formula is C18H17Cl2NO4. The molecule has 0 heterocycles. The quantitative estimate of drug-likeness (QED) is 0.774. The van der Waals surface area contributed by atoms with Gasteiger partial charge in [0.1, 0.15) is 5.75 Å². The number of halogens is 2. The third-order valence-electron chi connectivity index (χ3n) is 3.42. The van der Waals surface area contributed by atoms with Gasteiger partial charge >= 0.3 is 5.97 Å². The van der Waals surface area contributed by atoms with Crippen LogP contribution >= 0.6 is 23.2 Å². The highest BCUT2D eigenvalue weighted by Crippen LogP contribution is 2.26. The fourth-order valence-corrected chi connectivity index (χ4v) is 2.36. The predicted molar refractivity (Wildman–Crippen MR) is 97.7 cm³/mol. The lowest BCUT2D eigenvalue weighted by Crippen LogP contribution is -2.30. The van der Waals surface area contributed by atoms with E-state index in [1.54, 1.807) is 12.1 Å². The molecule has 0 aliphatic rings. The van der Waals surface area contributed by atoms with E-state index in [0.717, 1.165) is 5.56 Å². The van der Waals surface area contributed by atoms with Crippen molar-refractivity contribution in [1.82, 2.24) is 0 Å². The van der Waals surface area contributed by atoms with Crippen LogP contribution in [0, 0.1) is 6.92 Å². The van der Waals surface area contributed by atoms with Crippen molar-refractivity contribution in [3.05, 3.63) is 57.6 Å². The Kier molecular flexibility index (Phi) is 6.28. The summed E-state index contributed by atoms with van der Waals surface area (Å²) in [7, 11) is 1.51. The first-order chi connectivity index (χ1) is 11.8. The molecule has 0 radical (unpaired) electrons. The van der Waals surface area contributed by atoms with Crippen molar-refractivity contribution >= 4 is 40.8 Å². The molecule has 1 N–H and O–H groups in total. The number of carbonyl (C=O) groups is 2. The fraction of sp³-hybridized carbons (Fsp3) is 0.222. The average molecular weight is 382 g/mol. The lowest BCUT2D eigenvalue weighted by molar-refractivity contribution is -0.123. The zero-order chi connectivity index (χ0) is 18.6. The summed E-state index contributed by atoms with van der Waals surface area (Å²) in [4.78, 5) is 24.4. The van der Waals surface area contributed by atoms with E-state index < -0.39 is 18.0 Å². The van der Waals surface area contributed by atoms with Crippen LogP contribution in [0.25, 0.3) is 0 Å². The van der Waals surface area contributed by atoms with Gasteiger partial charge in [0.2, 0.25) is 0 Å². The Morgan fingerprint density at radius 3 is 2.44 bits per heavy atom. The zero-order valence-electron chi connectivity index (χ0n) is 13.9. The lowest BCUT2D eigenvalue weighted by Gasteiger charge is -2.15. The molecular weight excluding hydrogens is 365 g/mol. The van der Waals surface area contributed by atoms with Gasteiger partial charge in [0.05, 0.1) is 28.4 Å². The van der Waals surface area contributed by atoms with E-state index in [2.05, 4.69) is 5.32 Å². The summed E-state index contributed by atoms with van der Waals surface area (Å²) in [5.74, 6) is -0.628. The van der Waals surface area contributed by atoms with Crippen molar-refractivity contribution in [2.75, 3.05) is 12.4 Å². The first-order valence-electron chi connectivity index (χ1n) is 7.43. The molecule has 0 bridgehead atoms. The first kappa shape index (κ1) is 19.1. The number of hydrogen-bond acceptors (Lipinski definition) is 4. The van der Waals surface area contributed by atoms with E-state index in [-0.39, 0.29) is 10.6 Å². The Labute approximate surface area is 155 Å². The van der Waals surface area contributed by atoms with Gasteiger partial charge in [-0.05, 0) is 49.7 Å². The Bertz CT molecular complexity index is 808. The second-order valence-corrected chi connectivity index (χ2v) is 6.18. The topological polar surface area (TPSA) is 64.6 Å². The molecule has 2 aromatic carbocycles. The van der Waals surface area contributed by atoms with Gasteiger partial charge in [-0.1, -0.05) is 29.3 Å². The predicted octanol–water partition coefficient (Wildman–Crippen LogP) is 4.49. The number of rotatable bonds is 5. The monoisotopic (exact) mass is 381 g/mol. The Balaban J connectivity index is 2.06. The van der Waals surface area contributed by atoms with E-state index >= 15 is 0 Å². The van der Waals surface area contributed by atoms with Crippen molar-refractivity contribution < 1.29 is 19.1 Å². The number of esters is 1. The highest BCUT2D eigenvalue weighted by atomic mass is 35.5. The SMILES string of the molecule is COc1ccc(C)cc1NC(=O)[C@H](C)OC(=O)c1ccc(Cl)c(Cl)c1. The van der Waals surface area contributed by atoms with Crippen molar-refractivity contribution in [3.8, 4) is 5.75 Å². The lowest BCUT2D eigenvalue weighted by atomic mass is 10.2. The van der Waals surface area contributed by atoms with Crippen LogP contribution in [0.2, 0.25) is 10.0 Å². The minimum Gasteiger partial charge on any atom is -0.495 e. The molecule has 0 fully saturated rings. The summed E-state index contributed by atoms with van der Waals surface area (Å²) < 4.78 is 10.4. The third kappa shape index (κ3) is 4.87. The molecule has 0 aliphatic heterocycles. The van der Waals surface area contributed by atoms with Crippen LogP contribution < -0.4 is 10.1 Å². The van der Waals surface area contributed by atoms with E-state index in [1.165, 1.54) is 32.2 Å². The number of anilines is 1. The largest absolute Gasteiger partial charge is 0.495 e. The second-order valence-electron chi connectivity index (χ2n) is 5.37. The van der Waals surface area contributed by atoms with Crippen molar-refractivity contribution in [2.24, 2.45) is 0 Å². The van der Waals surface area contributed by atoms with Crippen LogP contribution in [0.15, 0.2) is 36.4 Å². The summed E-state index contributed by atoms with van der Waals surface area (Å²) in [5, 5.41) is 3.25. The molecule has 0 unspecified atom stereocenters. The van der Waals surface area contributed by atoms with Gasteiger partial charge in [-0.15, -0.1) is 0 Å². The van der Waals surface area contributed by atoms with Crippen LogP contribution in [-0.2, 0) is 9.53 Å². The molecule has 0 aliphatic carbocycles. The fourth-order valence-electron chi connectivity index (χ4n) is 2.06. The number of benzene rings is 2. The molecule has 0 spiro atoms. The van der Waals surface area contributed by atoms with Gasteiger partial charge < -0.3 is 14.8 Å². The van der Waals surface area contributed by atoms with Gasteiger partial charge in [0, 0.05) is 0 Å².